The molecule has 2 rings (SSSR count). The molecule has 0 saturated heterocycles. The Balaban J connectivity index is 2.44. The van der Waals surface area contributed by atoms with Crippen molar-refractivity contribution in [3.05, 3.63) is 35.1 Å². The Bertz CT molecular complexity index is 595. The number of nitrogens with zero attached hydrogens (tertiary/aromatic N) is 3. The molecule has 7 heteroatoms. The lowest BCUT2D eigenvalue weighted by Crippen LogP contribution is -2.03. The normalized spacial score (nSPS) is 10.5. The van der Waals surface area contributed by atoms with E-state index in [1.54, 1.807) is 0 Å². The predicted molar refractivity (Wildman–Crippen MR) is 66.0 cm³/mol. The fraction of sp³-hybridized carbons (Fsp3) is 0.250. The smallest absolute Gasteiger partial charge is 0.321 e. The molecule has 0 aliphatic rings. The van der Waals surface area contributed by atoms with Gasteiger partial charge in [0.15, 0.2) is 17.5 Å². The molecule has 0 radical (unpaired) electrons. The number of hydrogen-bond donors (Lipinski definition) is 0. The van der Waals surface area contributed by atoms with Crippen LogP contribution in [0.25, 0.3) is 11.4 Å². The van der Waals surface area contributed by atoms with E-state index in [1.165, 1.54) is 12.1 Å². The van der Waals surface area contributed by atoms with Gasteiger partial charge in [0.05, 0.1) is 12.2 Å². The lowest BCUT2D eigenvalue weighted by Gasteiger charge is -2.06. The first-order chi connectivity index (χ1) is 9.11. The van der Waals surface area contributed by atoms with Crippen molar-refractivity contribution in [2.24, 2.45) is 0 Å². The molecule has 0 saturated carbocycles. The molecule has 1 aromatic carbocycles. The molecule has 0 aliphatic carbocycles. The molecule has 0 spiro atoms. The van der Waals surface area contributed by atoms with Crippen LogP contribution < -0.4 is 4.74 Å². The van der Waals surface area contributed by atoms with Crippen molar-refractivity contribution in [3.63, 3.8) is 0 Å². The molecule has 4 nitrogen and oxygen atoms in total. The van der Waals surface area contributed by atoms with Gasteiger partial charge in [-0.2, -0.15) is 15.0 Å². The summed E-state index contributed by atoms with van der Waals surface area (Å²) in [6.45, 7) is 2.31. The summed E-state index contributed by atoms with van der Waals surface area (Å²) in [7, 11) is 0. The van der Waals surface area contributed by atoms with E-state index in [1.807, 2.05) is 6.92 Å². The van der Waals surface area contributed by atoms with Crippen LogP contribution in [0.3, 0.4) is 0 Å². The maximum absolute atomic E-state index is 13.6. The monoisotopic (exact) mass is 285 g/mol. The van der Waals surface area contributed by atoms with Gasteiger partial charge in [-0.05, 0) is 30.2 Å². The van der Waals surface area contributed by atoms with Crippen LogP contribution in [0.5, 0.6) is 6.01 Å². The Morgan fingerprint density at radius 3 is 2.74 bits per heavy atom. The second-order valence-electron chi connectivity index (χ2n) is 3.66. The lowest BCUT2D eigenvalue weighted by atomic mass is 10.2. The van der Waals surface area contributed by atoms with E-state index in [4.69, 9.17) is 16.3 Å². The number of rotatable bonds is 4. The number of aromatic nitrogens is 3. The number of halogens is 3. The van der Waals surface area contributed by atoms with Crippen LogP contribution in [0.15, 0.2) is 18.2 Å². The summed E-state index contributed by atoms with van der Waals surface area (Å²) >= 11 is 5.71. The summed E-state index contributed by atoms with van der Waals surface area (Å²) in [6.07, 6.45) is 0.757. The quantitative estimate of drug-likeness (QED) is 0.865. The van der Waals surface area contributed by atoms with Crippen molar-refractivity contribution < 1.29 is 13.5 Å². The summed E-state index contributed by atoms with van der Waals surface area (Å²) in [5.41, 5.74) is -0.0920. The zero-order valence-corrected chi connectivity index (χ0v) is 10.8. The highest BCUT2D eigenvalue weighted by atomic mass is 35.5. The number of ether oxygens (including phenoxy) is 1. The topological polar surface area (TPSA) is 47.9 Å². The van der Waals surface area contributed by atoms with Crippen molar-refractivity contribution in [1.29, 1.82) is 0 Å². The van der Waals surface area contributed by atoms with Crippen molar-refractivity contribution in [1.82, 2.24) is 15.0 Å². The third-order valence-corrected chi connectivity index (χ3v) is 2.38. The Labute approximate surface area is 113 Å². The van der Waals surface area contributed by atoms with Crippen LogP contribution in [-0.4, -0.2) is 21.6 Å². The first kappa shape index (κ1) is 13.6. The van der Waals surface area contributed by atoms with Crippen LogP contribution in [0.4, 0.5) is 8.78 Å². The minimum Gasteiger partial charge on any atom is -0.463 e. The van der Waals surface area contributed by atoms with Crippen LogP contribution >= 0.6 is 11.6 Å². The molecule has 19 heavy (non-hydrogen) atoms. The fourth-order valence-electron chi connectivity index (χ4n) is 1.39. The van der Waals surface area contributed by atoms with Crippen LogP contribution in [-0.2, 0) is 0 Å². The summed E-state index contributed by atoms with van der Waals surface area (Å²) in [4.78, 5) is 11.4. The Morgan fingerprint density at radius 2 is 2.00 bits per heavy atom. The minimum absolute atomic E-state index is 0.0134. The van der Waals surface area contributed by atoms with Gasteiger partial charge in [-0.1, -0.05) is 13.0 Å². The van der Waals surface area contributed by atoms with E-state index < -0.39 is 11.6 Å². The van der Waals surface area contributed by atoms with Gasteiger partial charge in [-0.3, -0.25) is 0 Å². The molecule has 0 amide bonds. The molecule has 1 aromatic heterocycles. The van der Waals surface area contributed by atoms with Crippen LogP contribution in [0.1, 0.15) is 13.3 Å². The van der Waals surface area contributed by atoms with Gasteiger partial charge < -0.3 is 4.74 Å². The average molecular weight is 286 g/mol. The first-order valence-corrected chi connectivity index (χ1v) is 5.98. The van der Waals surface area contributed by atoms with Crippen LogP contribution in [0.2, 0.25) is 5.28 Å². The average Bonchev–Trinajstić information content (AvgIpc) is 2.39. The highest BCUT2D eigenvalue weighted by Crippen LogP contribution is 2.23. The summed E-state index contributed by atoms with van der Waals surface area (Å²) < 4.78 is 32.0. The zero-order chi connectivity index (χ0) is 13.8. The fourth-order valence-corrected chi connectivity index (χ4v) is 1.54. The summed E-state index contributed by atoms with van der Waals surface area (Å²) in [6, 6.07) is 3.71. The van der Waals surface area contributed by atoms with Gasteiger partial charge >= 0.3 is 6.01 Å². The van der Waals surface area contributed by atoms with Crippen molar-refractivity contribution in [2.75, 3.05) is 6.61 Å². The molecular weight excluding hydrogens is 276 g/mol. The van der Waals surface area contributed by atoms with E-state index in [-0.39, 0.29) is 22.7 Å². The highest BCUT2D eigenvalue weighted by Gasteiger charge is 2.15. The first-order valence-electron chi connectivity index (χ1n) is 5.60. The summed E-state index contributed by atoms with van der Waals surface area (Å²) in [5.74, 6) is -2.08. The third kappa shape index (κ3) is 3.14. The standard InChI is InChI=1S/C12H10ClF2N3O/c1-2-6-19-12-17-10(16-11(13)18-12)7-4-3-5-8(14)9(7)15/h3-5H,2,6H2,1H3. The van der Waals surface area contributed by atoms with E-state index in [0.29, 0.717) is 6.61 Å². The molecule has 100 valence electrons. The van der Waals surface area contributed by atoms with Gasteiger partial charge in [0.25, 0.3) is 0 Å². The van der Waals surface area contributed by atoms with Gasteiger partial charge in [0, 0.05) is 0 Å². The van der Waals surface area contributed by atoms with Gasteiger partial charge in [0.2, 0.25) is 5.28 Å². The molecule has 0 aliphatic heterocycles. The molecular formula is C12H10ClF2N3O. The molecule has 1 heterocycles. The molecule has 0 N–H and O–H groups in total. The number of benzene rings is 1. The van der Waals surface area contributed by atoms with Crippen molar-refractivity contribution in [2.45, 2.75) is 13.3 Å². The van der Waals surface area contributed by atoms with Crippen molar-refractivity contribution >= 4 is 11.6 Å². The zero-order valence-electron chi connectivity index (χ0n) is 10.0. The molecule has 0 atom stereocenters. The van der Waals surface area contributed by atoms with Gasteiger partial charge in [-0.15, -0.1) is 0 Å². The van der Waals surface area contributed by atoms with E-state index in [2.05, 4.69) is 15.0 Å². The van der Waals surface area contributed by atoms with Crippen LogP contribution in [0, 0.1) is 11.6 Å². The second kappa shape index (κ2) is 5.88. The maximum atomic E-state index is 13.6. The summed E-state index contributed by atoms with van der Waals surface area (Å²) in [5, 5.41) is -0.139. The van der Waals surface area contributed by atoms with E-state index in [0.717, 1.165) is 12.5 Å². The Hall–Kier alpha value is -1.82. The predicted octanol–water partition coefficient (Wildman–Crippen LogP) is 3.26. The molecule has 0 fully saturated rings. The molecule has 0 bridgehead atoms. The Morgan fingerprint density at radius 1 is 1.21 bits per heavy atom. The number of hydrogen-bond acceptors (Lipinski definition) is 4. The Kier molecular flexibility index (Phi) is 4.21. The van der Waals surface area contributed by atoms with Crippen molar-refractivity contribution in [3.8, 4) is 17.4 Å². The highest BCUT2D eigenvalue weighted by molar-refractivity contribution is 6.28. The molecule has 0 unspecified atom stereocenters. The SMILES string of the molecule is CCCOc1nc(Cl)nc(-c2cccc(F)c2F)n1. The van der Waals surface area contributed by atoms with E-state index in [9.17, 15) is 8.78 Å². The lowest BCUT2D eigenvalue weighted by molar-refractivity contribution is 0.291. The van der Waals surface area contributed by atoms with E-state index >= 15 is 0 Å². The van der Waals surface area contributed by atoms with Gasteiger partial charge in [-0.25, -0.2) is 8.78 Å². The third-order valence-electron chi connectivity index (χ3n) is 2.22. The van der Waals surface area contributed by atoms with Gasteiger partial charge in [0.1, 0.15) is 0 Å². The minimum atomic E-state index is -1.04. The largest absolute Gasteiger partial charge is 0.463 e. The molecule has 2 aromatic rings. The second-order valence-corrected chi connectivity index (χ2v) is 4.00. The maximum Gasteiger partial charge on any atom is 0.321 e.